The number of hydrogen-bond donors (Lipinski definition) is 1. The normalized spacial score (nSPS) is 11.0. The van der Waals surface area contributed by atoms with E-state index in [0.29, 0.717) is 11.3 Å². The van der Waals surface area contributed by atoms with Gasteiger partial charge in [-0.05, 0) is 25.1 Å². The lowest BCUT2D eigenvalue weighted by atomic mass is 10.2. The van der Waals surface area contributed by atoms with Crippen molar-refractivity contribution in [3.63, 3.8) is 0 Å². The van der Waals surface area contributed by atoms with E-state index < -0.39 is 5.56 Å². The summed E-state index contributed by atoms with van der Waals surface area (Å²) < 4.78 is 16.4. The Balaban J connectivity index is 1.55. The Morgan fingerprint density at radius 1 is 1.14 bits per heavy atom. The number of amides is 1. The number of carbonyl (C=O) groups excluding carboxylic acids is 1. The van der Waals surface area contributed by atoms with Crippen molar-refractivity contribution in [1.29, 1.82) is 0 Å². The summed E-state index contributed by atoms with van der Waals surface area (Å²) in [7, 11) is 0. The highest BCUT2D eigenvalue weighted by molar-refractivity contribution is 5.90. The number of benzene rings is 2. The summed E-state index contributed by atoms with van der Waals surface area (Å²) in [4.78, 5) is 29.1. The van der Waals surface area contributed by atoms with Crippen LogP contribution in [0.4, 0.5) is 10.1 Å². The van der Waals surface area contributed by atoms with Crippen LogP contribution >= 0.6 is 0 Å². The Morgan fingerprint density at radius 3 is 2.66 bits per heavy atom. The maximum Gasteiger partial charge on any atom is 0.283 e. The number of aromatic nitrogens is 5. The molecule has 4 rings (SSSR count). The Bertz CT molecular complexity index is 1250. The van der Waals surface area contributed by atoms with Gasteiger partial charge in [0.05, 0.1) is 6.54 Å². The molecule has 9 heteroatoms. The van der Waals surface area contributed by atoms with E-state index in [2.05, 4.69) is 20.6 Å². The Hall–Kier alpha value is -3.88. The van der Waals surface area contributed by atoms with Crippen LogP contribution in [0.25, 0.3) is 11.2 Å². The summed E-state index contributed by atoms with van der Waals surface area (Å²) in [5.74, 6) is -0.742. The second-order valence-corrected chi connectivity index (χ2v) is 6.60. The van der Waals surface area contributed by atoms with Crippen molar-refractivity contribution < 1.29 is 9.18 Å². The maximum absolute atomic E-state index is 13.9. The van der Waals surface area contributed by atoms with Crippen LogP contribution in [0.5, 0.6) is 0 Å². The second-order valence-electron chi connectivity index (χ2n) is 6.60. The molecule has 29 heavy (non-hydrogen) atoms. The van der Waals surface area contributed by atoms with Crippen LogP contribution in [0.1, 0.15) is 11.1 Å². The highest BCUT2D eigenvalue weighted by Gasteiger charge is 2.15. The summed E-state index contributed by atoms with van der Waals surface area (Å²) in [6, 6.07) is 13.6. The molecule has 0 atom stereocenters. The molecule has 0 spiro atoms. The van der Waals surface area contributed by atoms with Crippen molar-refractivity contribution in [2.24, 2.45) is 0 Å². The monoisotopic (exact) mass is 392 g/mol. The zero-order valence-electron chi connectivity index (χ0n) is 15.5. The number of carbonyl (C=O) groups is 1. The molecule has 0 fully saturated rings. The second kappa shape index (κ2) is 7.63. The SMILES string of the molecule is Cc1ccc(NC(=O)Cn2cnc3c(nnn3Cc3ccccc3F)c2=O)cc1. The van der Waals surface area contributed by atoms with Crippen molar-refractivity contribution in [1.82, 2.24) is 24.5 Å². The summed E-state index contributed by atoms with van der Waals surface area (Å²) in [5, 5.41) is 10.5. The minimum atomic E-state index is -0.492. The number of nitrogens with zero attached hydrogens (tertiary/aromatic N) is 5. The van der Waals surface area contributed by atoms with Gasteiger partial charge in [-0.25, -0.2) is 14.1 Å². The van der Waals surface area contributed by atoms with Crippen molar-refractivity contribution in [3.8, 4) is 0 Å². The Labute approximate surface area is 164 Å². The smallest absolute Gasteiger partial charge is 0.283 e. The van der Waals surface area contributed by atoms with E-state index >= 15 is 0 Å². The zero-order chi connectivity index (χ0) is 20.4. The number of anilines is 1. The van der Waals surface area contributed by atoms with Gasteiger partial charge >= 0.3 is 0 Å². The highest BCUT2D eigenvalue weighted by atomic mass is 19.1. The fourth-order valence-electron chi connectivity index (χ4n) is 2.89. The predicted octanol–water partition coefficient (Wildman–Crippen LogP) is 2.12. The average Bonchev–Trinajstić information content (AvgIpc) is 3.11. The topological polar surface area (TPSA) is 94.7 Å². The van der Waals surface area contributed by atoms with Gasteiger partial charge in [-0.3, -0.25) is 14.2 Å². The number of halogens is 1. The lowest BCUT2D eigenvalue weighted by Crippen LogP contribution is -2.28. The summed E-state index contributed by atoms with van der Waals surface area (Å²) in [5.41, 5.74) is 1.88. The van der Waals surface area contributed by atoms with Gasteiger partial charge in [-0.1, -0.05) is 41.1 Å². The molecule has 4 aromatic rings. The summed E-state index contributed by atoms with van der Waals surface area (Å²) in [6.07, 6.45) is 1.26. The van der Waals surface area contributed by atoms with E-state index in [1.165, 1.54) is 17.1 Å². The molecule has 2 heterocycles. The molecular weight excluding hydrogens is 375 g/mol. The third kappa shape index (κ3) is 3.88. The Kier molecular flexibility index (Phi) is 4.86. The van der Waals surface area contributed by atoms with Gasteiger partial charge in [0.2, 0.25) is 5.91 Å². The molecule has 1 amide bonds. The first-order valence-electron chi connectivity index (χ1n) is 8.90. The molecule has 0 bridgehead atoms. The molecule has 0 saturated carbocycles. The molecular formula is C20H17FN6O2. The van der Waals surface area contributed by atoms with E-state index in [1.54, 1.807) is 30.3 Å². The fourth-order valence-corrected chi connectivity index (χ4v) is 2.89. The summed E-state index contributed by atoms with van der Waals surface area (Å²) >= 11 is 0. The van der Waals surface area contributed by atoms with Gasteiger partial charge in [0, 0.05) is 11.3 Å². The average molecular weight is 392 g/mol. The highest BCUT2D eigenvalue weighted by Crippen LogP contribution is 2.11. The van der Waals surface area contributed by atoms with Crippen molar-refractivity contribution in [3.05, 3.63) is 82.2 Å². The van der Waals surface area contributed by atoms with E-state index in [4.69, 9.17) is 0 Å². The minimum absolute atomic E-state index is 0.0203. The van der Waals surface area contributed by atoms with Crippen LogP contribution in [0.3, 0.4) is 0 Å². The summed E-state index contributed by atoms with van der Waals surface area (Å²) in [6.45, 7) is 1.83. The van der Waals surface area contributed by atoms with Gasteiger partial charge in [-0.15, -0.1) is 5.10 Å². The number of nitrogens with one attached hydrogen (secondary N) is 1. The largest absolute Gasteiger partial charge is 0.325 e. The van der Waals surface area contributed by atoms with Gasteiger partial charge in [0.15, 0.2) is 11.2 Å². The molecule has 2 aromatic carbocycles. The first-order valence-corrected chi connectivity index (χ1v) is 8.90. The van der Waals surface area contributed by atoms with E-state index in [9.17, 15) is 14.0 Å². The molecule has 0 radical (unpaired) electrons. The van der Waals surface area contributed by atoms with Crippen LogP contribution in [0.15, 0.2) is 59.7 Å². The van der Waals surface area contributed by atoms with Crippen molar-refractivity contribution in [2.75, 3.05) is 5.32 Å². The third-order valence-electron chi connectivity index (χ3n) is 4.42. The predicted molar refractivity (Wildman–Crippen MR) is 105 cm³/mol. The number of rotatable bonds is 5. The molecule has 0 aliphatic carbocycles. The van der Waals surface area contributed by atoms with Crippen molar-refractivity contribution in [2.45, 2.75) is 20.0 Å². The Morgan fingerprint density at radius 2 is 1.90 bits per heavy atom. The zero-order valence-corrected chi connectivity index (χ0v) is 15.5. The fraction of sp³-hybridized carbons (Fsp3) is 0.150. The molecule has 0 saturated heterocycles. The standard InChI is InChI=1S/C20H17FN6O2/c1-13-6-8-15(9-7-13)23-17(28)11-26-12-22-19-18(20(26)29)24-25-27(19)10-14-4-2-3-5-16(14)21/h2-9,12H,10-11H2,1H3,(H,23,28). The molecule has 1 N–H and O–H groups in total. The maximum atomic E-state index is 13.9. The van der Waals surface area contributed by atoms with Crippen molar-refractivity contribution >= 4 is 22.8 Å². The van der Waals surface area contributed by atoms with Crippen LogP contribution in [0.2, 0.25) is 0 Å². The van der Waals surface area contributed by atoms with E-state index in [-0.39, 0.29) is 36.0 Å². The number of fused-ring (bicyclic) bond motifs is 1. The van der Waals surface area contributed by atoms with E-state index in [1.807, 2.05) is 19.1 Å². The van der Waals surface area contributed by atoms with Crippen LogP contribution in [0, 0.1) is 12.7 Å². The molecule has 2 aromatic heterocycles. The van der Waals surface area contributed by atoms with Gasteiger partial charge in [0.1, 0.15) is 18.7 Å². The molecule has 0 aliphatic heterocycles. The van der Waals surface area contributed by atoms with Crippen LogP contribution in [-0.2, 0) is 17.9 Å². The van der Waals surface area contributed by atoms with Crippen LogP contribution < -0.4 is 10.9 Å². The first kappa shape index (κ1) is 18.5. The van der Waals surface area contributed by atoms with E-state index in [0.717, 1.165) is 10.1 Å². The van der Waals surface area contributed by atoms with Gasteiger partial charge < -0.3 is 5.32 Å². The number of hydrogen-bond acceptors (Lipinski definition) is 5. The lowest BCUT2D eigenvalue weighted by Gasteiger charge is -2.07. The number of aryl methyl sites for hydroxylation is 1. The molecule has 146 valence electrons. The lowest BCUT2D eigenvalue weighted by molar-refractivity contribution is -0.116. The molecule has 0 aliphatic rings. The molecule has 8 nitrogen and oxygen atoms in total. The third-order valence-corrected chi connectivity index (χ3v) is 4.42. The quantitative estimate of drug-likeness (QED) is 0.561. The molecule has 0 unspecified atom stereocenters. The van der Waals surface area contributed by atoms with Gasteiger partial charge in [0.25, 0.3) is 5.56 Å². The van der Waals surface area contributed by atoms with Gasteiger partial charge in [-0.2, -0.15) is 0 Å². The van der Waals surface area contributed by atoms with Crippen LogP contribution in [-0.4, -0.2) is 30.5 Å². The minimum Gasteiger partial charge on any atom is -0.325 e. The first-order chi connectivity index (χ1) is 14.0.